The van der Waals surface area contributed by atoms with E-state index < -0.39 is 17.4 Å². The average Bonchev–Trinajstić information content (AvgIpc) is 2.37. The Morgan fingerprint density at radius 1 is 1.33 bits per heavy atom. The molecule has 1 unspecified atom stereocenters. The molecule has 1 atom stereocenters. The van der Waals surface area contributed by atoms with Crippen molar-refractivity contribution in [2.24, 2.45) is 5.41 Å². The third kappa shape index (κ3) is 3.51. The highest BCUT2D eigenvalue weighted by atomic mass is 19.1. The van der Waals surface area contributed by atoms with Crippen LogP contribution in [0.15, 0.2) is 24.3 Å². The van der Waals surface area contributed by atoms with E-state index in [2.05, 4.69) is 10.6 Å². The maximum atomic E-state index is 12.8. The number of rotatable bonds is 5. The van der Waals surface area contributed by atoms with Gasteiger partial charge in [0.05, 0.1) is 11.5 Å². The lowest BCUT2D eigenvalue weighted by molar-refractivity contribution is -0.153. The molecule has 0 saturated heterocycles. The minimum absolute atomic E-state index is 0.129. The number of halogens is 1. The van der Waals surface area contributed by atoms with Gasteiger partial charge in [0.1, 0.15) is 5.82 Å². The monoisotopic (exact) mass is 294 g/mol. The van der Waals surface area contributed by atoms with Gasteiger partial charge in [-0.05, 0) is 37.5 Å². The van der Waals surface area contributed by atoms with Crippen molar-refractivity contribution in [1.29, 1.82) is 0 Å². The van der Waals surface area contributed by atoms with Crippen molar-refractivity contribution >= 4 is 12.0 Å². The Hall–Kier alpha value is -2.11. The zero-order valence-electron chi connectivity index (χ0n) is 11.9. The number of carboxylic acids is 1. The molecule has 0 bridgehead atoms. The van der Waals surface area contributed by atoms with Gasteiger partial charge in [-0.2, -0.15) is 0 Å². The van der Waals surface area contributed by atoms with Crippen molar-refractivity contribution in [1.82, 2.24) is 10.6 Å². The fourth-order valence-electron chi connectivity index (χ4n) is 2.40. The van der Waals surface area contributed by atoms with Crippen molar-refractivity contribution < 1.29 is 19.1 Å². The quantitative estimate of drug-likeness (QED) is 0.780. The SMILES string of the molecule is CC(NC(=O)NCC1(C(=O)O)CCC1)c1ccc(F)cc1. The molecule has 0 aromatic heterocycles. The highest BCUT2D eigenvalue weighted by Crippen LogP contribution is 2.40. The Morgan fingerprint density at radius 3 is 2.43 bits per heavy atom. The molecule has 2 amide bonds. The average molecular weight is 294 g/mol. The number of benzene rings is 1. The molecular weight excluding hydrogens is 275 g/mol. The highest BCUT2D eigenvalue weighted by Gasteiger charge is 2.44. The fourth-order valence-corrected chi connectivity index (χ4v) is 2.40. The number of urea groups is 1. The summed E-state index contributed by atoms with van der Waals surface area (Å²) >= 11 is 0. The maximum Gasteiger partial charge on any atom is 0.315 e. The van der Waals surface area contributed by atoms with E-state index in [1.807, 2.05) is 0 Å². The van der Waals surface area contributed by atoms with E-state index in [0.717, 1.165) is 12.0 Å². The van der Waals surface area contributed by atoms with Crippen molar-refractivity contribution in [3.63, 3.8) is 0 Å². The minimum atomic E-state index is -0.861. The molecule has 3 N–H and O–H groups in total. The first-order chi connectivity index (χ1) is 9.93. The second kappa shape index (κ2) is 6.11. The first-order valence-corrected chi connectivity index (χ1v) is 6.96. The van der Waals surface area contributed by atoms with Crippen molar-refractivity contribution in [2.45, 2.75) is 32.2 Å². The first kappa shape index (κ1) is 15.3. The van der Waals surface area contributed by atoms with Crippen molar-refractivity contribution in [3.8, 4) is 0 Å². The molecule has 5 nitrogen and oxygen atoms in total. The zero-order chi connectivity index (χ0) is 15.5. The predicted octanol–water partition coefficient (Wildman–Crippen LogP) is 2.44. The topological polar surface area (TPSA) is 78.4 Å². The lowest BCUT2D eigenvalue weighted by Crippen LogP contribution is -2.50. The Balaban J connectivity index is 1.84. The summed E-state index contributed by atoms with van der Waals surface area (Å²) in [5.41, 5.74) is -0.0284. The molecule has 1 saturated carbocycles. The van der Waals surface area contributed by atoms with Gasteiger partial charge < -0.3 is 15.7 Å². The van der Waals surface area contributed by atoms with Crippen LogP contribution in [-0.2, 0) is 4.79 Å². The van der Waals surface area contributed by atoms with Gasteiger partial charge in [0.15, 0.2) is 0 Å². The van der Waals surface area contributed by atoms with Crippen LogP contribution in [0.3, 0.4) is 0 Å². The number of aliphatic carboxylic acids is 1. The molecule has 0 heterocycles. The summed E-state index contributed by atoms with van der Waals surface area (Å²) in [4.78, 5) is 23.0. The molecule has 1 aromatic carbocycles. The van der Waals surface area contributed by atoms with Crippen LogP contribution in [0, 0.1) is 11.2 Å². The molecule has 6 heteroatoms. The number of nitrogens with one attached hydrogen (secondary N) is 2. The van der Waals surface area contributed by atoms with Crippen LogP contribution in [0.1, 0.15) is 37.8 Å². The molecule has 1 fully saturated rings. The van der Waals surface area contributed by atoms with E-state index >= 15 is 0 Å². The van der Waals surface area contributed by atoms with Crippen molar-refractivity contribution in [2.75, 3.05) is 6.54 Å². The molecule has 1 aromatic rings. The smallest absolute Gasteiger partial charge is 0.315 e. The summed E-state index contributed by atoms with van der Waals surface area (Å²) in [6, 6.07) is 5.17. The lowest BCUT2D eigenvalue weighted by Gasteiger charge is -2.37. The Bertz CT molecular complexity index is 526. The van der Waals surface area contributed by atoms with Gasteiger partial charge >= 0.3 is 12.0 Å². The maximum absolute atomic E-state index is 12.8. The summed E-state index contributed by atoms with van der Waals surface area (Å²) in [6.07, 6.45) is 2.06. The number of carbonyl (C=O) groups excluding carboxylic acids is 1. The summed E-state index contributed by atoms with van der Waals surface area (Å²) in [6.45, 7) is 1.91. The summed E-state index contributed by atoms with van der Waals surface area (Å²) < 4.78 is 12.8. The first-order valence-electron chi connectivity index (χ1n) is 6.96. The van der Waals surface area contributed by atoms with E-state index in [1.165, 1.54) is 12.1 Å². The Morgan fingerprint density at radius 2 is 1.95 bits per heavy atom. The second-order valence-corrected chi connectivity index (χ2v) is 5.54. The van der Waals surface area contributed by atoms with Gasteiger partial charge in [-0.1, -0.05) is 18.6 Å². The fraction of sp³-hybridized carbons (Fsp3) is 0.467. The van der Waals surface area contributed by atoms with Crippen LogP contribution < -0.4 is 10.6 Å². The van der Waals surface area contributed by atoms with E-state index in [1.54, 1.807) is 19.1 Å². The molecular formula is C15H19FN2O3. The third-order valence-corrected chi connectivity index (χ3v) is 4.07. The largest absolute Gasteiger partial charge is 0.481 e. The van der Waals surface area contributed by atoms with Crippen molar-refractivity contribution in [3.05, 3.63) is 35.6 Å². The van der Waals surface area contributed by atoms with Crippen LogP contribution in [0.25, 0.3) is 0 Å². The van der Waals surface area contributed by atoms with Gasteiger partial charge in [-0.25, -0.2) is 9.18 Å². The summed E-state index contributed by atoms with van der Waals surface area (Å²) in [7, 11) is 0. The lowest BCUT2D eigenvalue weighted by atomic mass is 9.69. The molecule has 0 radical (unpaired) electrons. The van der Waals surface area contributed by atoms with E-state index in [0.29, 0.717) is 12.8 Å². The van der Waals surface area contributed by atoms with E-state index in [-0.39, 0.29) is 18.4 Å². The number of carboxylic acid groups (broad SMARTS) is 1. The van der Waals surface area contributed by atoms with Gasteiger partial charge in [0.2, 0.25) is 0 Å². The standard InChI is InChI=1S/C15H19FN2O3/c1-10(11-3-5-12(16)6-4-11)18-14(21)17-9-15(13(19)20)7-2-8-15/h3-6,10H,2,7-9H2,1H3,(H,19,20)(H2,17,18,21). The van der Waals surface area contributed by atoms with Gasteiger partial charge in [-0.15, -0.1) is 0 Å². The highest BCUT2D eigenvalue weighted by molar-refractivity contribution is 5.79. The minimum Gasteiger partial charge on any atom is -0.481 e. The molecule has 21 heavy (non-hydrogen) atoms. The predicted molar refractivity (Wildman–Crippen MR) is 75.3 cm³/mol. The molecule has 2 rings (SSSR count). The number of amides is 2. The van der Waals surface area contributed by atoms with E-state index in [4.69, 9.17) is 0 Å². The summed E-state index contributed by atoms with van der Waals surface area (Å²) in [5.74, 6) is -1.19. The van der Waals surface area contributed by atoms with Gasteiger partial charge in [0, 0.05) is 6.54 Å². The second-order valence-electron chi connectivity index (χ2n) is 5.54. The molecule has 0 spiro atoms. The Kier molecular flexibility index (Phi) is 4.45. The van der Waals surface area contributed by atoms with Crippen LogP contribution in [0.5, 0.6) is 0 Å². The number of hydrogen-bond donors (Lipinski definition) is 3. The van der Waals surface area contributed by atoms with Crippen LogP contribution in [-0.4, -0.2) is 23.7 Å². The van der Waals surface area contributed by atoms with Gasteiger partial charge in [0.25, 0.3) is 0 Å². The van der Waals surface area contributed by atoms with Crippen LogP contribution in [0.2, 0.25) is 0 Å². The molecule has 1 aliphatic carbocycles. The van der Waals surface area contributed by atoms with E-state index in [9.17, 15) is 19.1 Å². The molecule has 0 aliphatic heterocycles. The normalized spacial score (nSPS) is 17.4. The summed E-state index contributed by atoms with van der Waals surface area (Å²) in [5, 5.41) is 14.5. The Labute approximate surface area is 122 Å². The number of carbonyl (C=O) groups is 2. The third-order valence-electron chi connectivity index (χ3n) is 4.07. The zero-order valence-corrected chi connectivity index (χ0v) is 11.9. The molecule has 1 aliphatic rings. The van der Waals surface area contributed by atoms with Crippen LogP contribution >= 0.6 is 0 Å². The van der Waals surface area contributed by atoms with Gasteiger partial charge in [-0.3, -0.25) is 4.79 Å². The van der Waals surface area contributed by atoms with Crippen LogP contribution in [0.4, 0.5) is 9.18 Å². The molecule has 114 valence electrons. The number of hydrogen-bond acceptors (Lipinski definition) is 2.